The lowest BCUT2D eigenvalue weighted by Gasteiger charge is -2.35. The number of carbonyl (C=O) groups is 1. The van der Waals surface area contributed by atoms with Gasteiger partial charge in [0, 0.05) is 12.3 Å². The number of ketones is 1. The van der Waals surface area contributed by atoms with E-state index in [1.807, 2.05) is 6.92 Å². The van der Waals surface area contributed by atoms with Gasteiger partial charge in [-0.15, -0.1) is 0 Å². The molecule has 0 heterocycles. The van der Waals surface area contributed by atoms with E-state index in [2.05, 4.69) is 20.4 Å². The van der Waals surface area contributed by atoms with E-state index in [4.69, 9.17) is 0 Å². The average molecular weight is 152 g/mol. The van der Waals surface area contributed by atoms with Crippen molar-refractivity contribution in [1.82, 2.24) is 0 Å². The van der Waals surface area contributed by atoms with Crippen LogP contribution in [0.1, 0.15) is 33.6 Å². The van der Waals surface area contributed by atoms with Crippen molar-refractivity contribution in [2.24, 2.45) is 11.3 Å². The Labute approximate surface area is 68.5 Å². The van der Waals surface area contributed by atoms with Gasteiger partial charge in [-0.25, -0.2) is 0 Å². The standard InChI is InChI=1S/C10H16O/c1-7-8(2)10(3,4)6-5-9(7)11/h7H,2,5-6H2,1,3-4H3. The van der Waals surface area contributed by atoms with E-state index >= 15 is 0 Å². The highest BCUT2D eigenvalue weighted by atomic mass is 16.1. The molecule has 0 amide bonds. The molecule has 0 aromatic carbocycles. The summed E-state index contributed by atoms with van der Waals surface area (Å²) in [6.07, 6.45) is 1.70. The molecule has 1 heteroatoms. The van der Waals surface area contributed by atoms with Crippen LogP contribution in [0.25, 0.3) is 0 Å². The lowest BCUT2D eigenvalue weighted by molar-refractivity contribution is -0.123. The quantitative estimate of drug-likeness (QED) is 0.487. The van der Waals surface area contributed by atoms with Gasteiger partial charge in [0.25, 0.3) is 0 Å². The predicted molar refractivity (Wildman–Crippen MR) is 46.3 cm³/mol. The monoisotopic (exact) mass is 152 g/mol. The molecule has 1 nitrogen and oxygen atoms in total. The maximum Gasteiger partial charge on any atom is 0.139 e. The zero-order chi connectivity index (χ0) is 8.65. The molecular formula is C10H16O. The summed E-state index contributed by atoms with van der Waals surface area (Å²) >= 11 is 0. The van der Waals surface area contributed by atoms with Crippen LogP contribution in [0.5, 0.6) is 0 Å². The van der Waals surface area contributed by atoms with E-state index in [1.165, 1.54) is 0 Å². The molecule has 0 bridgehead atoms. The molecule has 0 aromatic heterocycles. The second-order valence-corrected chi connectivity index (χ2v) is 4.10. The molecule has 11 heavy (non-hydrogen) atoms. The van der Waals surface area contributed by atoms with Gasteiger partial charge in [-0.3, -0.25) is 4.79 Å². The van der Waals surface area contributed by atoms with E-state index < -0.39 is 0 Å². The van der Waals surface area contributed by atoms with Gasteiger partial charge in [-0.2, -0.15) is 0 Å². The lowest BCUT2D eigenvalue weighted by atomic mass is 9.69. The van der Waals surface area contributed by atoms with Gasteiger partial charge in [0.05, 0.1) is 0 Å². The van der Waals surface area contributed by atoms with Crippen molar-refractivity contribution in [2.45, 2.75) is 33.6 Å². The number of hydrogen-bond acceptors (Lipinski definition) is 1. The minimum atomic E-state index is 0.0822. The summed E-state index contributed by atoms with van der Waals surface area (Å²) in [7, 11) is 0. The lowest BCUT2D eigenvalue weighted by Crippen LogP contribution is -2.30. The van der Waals surface area contributed by atoms with Crippen molar-refractivity contribution in [3.63, 3.8) is 0 Å². The van der Waals surface area contributed by atoms with Gasteiger partial charge < -0.3 is 0 Å². The fraction of sp³-hybridized carbons (Fsp3) is 0.700. The van der Waals surface area contributed by atoms with Crippen LogP contribution in [0.4, 0.5) is 0 Å². The van der Waals surface area contributed by atoms with E-state index in [1.54, 1.807) is 0 Å². The van der Waals surface area contributed by atoms with E-state index in [9.17, 15) is 4.79 Å². The number of rotatable bonds is 0. The Bertz CT molecular complexity index is 201. The largest absolute Gasteiger partial charge is 0.299 e. The topological polar surface area (TPSA) is 17.1 Å². The minimum absolute atomic E-state index is 0.0822. The summed E-state index contributed by atoms with van der Waals surface area (Å²) < 4.78 is 0. The van der Waals surface area contributed by atoms with E-state index in [0.717, 1.165) is 18.4 Å². The van der Waals surface area contributed by atoms with Crippen LogP contribution in [-0.4, -0.2) is 5.78 Å². The van der Waals surface area contributed by atoms with Crippen LogP contribution >= 0.6 is 0 Å². The summed E-state index contributed by atoms with van der Waals surface area (Å²) in [6, 6.07) is 0. The van der Waals surface area contributed by atoms with Crippen molar-refractivity contribution in [3.8, 4) is 0 Å². The molecule has 62 valence electrons. The van der Waals surface area contributed by atoms with Gasteiger partial charge in [-0.05, 0) is 11.8 Å². The number of carbonyl (C=O) groups excluding carboxylic acids is 1. The summed E-state index contributed by atoms with van der Waals surface area (Å²) in [5.74, 6) is 0.438. The second-order valence-electron chi connectivity index (χ2n) is 4.10. The Morgan fingerprint density at radius 3 is 2.55 bits per heavy atom. The highest BCUT2D eigenvalue weighted by Crippen LogP contribution is 2.40. The zero-order valence-electron chi connectivity index (χ0n) is 7.61. The molecule has 0 radical (unpaired) electrons. The van der Waals surface area contributed by atoms with Gasteiger partial charge in [-0.1, -0.05) is 32.9 Å². The van der Waals surface area contributed by atoms with Crippen LogP contribution in [-0.2, 0) is 4.79 Å². The molecule has 1 atom stereocenters. The zero-order valence-corrected chi connectivity index (χ0v) is 7.61. The Kier molecular flexibility index (Phi) is 1.91. The van der Waals surface area contributed by atoms with Crippen molar-refractivity contribution >= 4 is 5.78 Å². The summed E-state index contributed by atoms with van der Waals surface area (Å²) in [4.78, 5) is 11.2. The summed E-state index contributed by atoms with van der Waals surface area (Å²) in [5.41, 5.74) is 1.28. The van der Waals surface area contributed by atoms with E-state index in [0.29, 0.717) is 5.78 Å². The van der Waals surface area contributed by atoms with Crippen LogP contribution in [0, 0.1) is 11.3 Å². The van der Waals surface area contributed by atoms with Crippen LogP contribution in [0.2, 0.25) is 0 Å². The van der Waals surface area contributed by atoms with Crippen molar-refractivity contribution in [2.75, 3.05) is 0 Å². The first-order chi connectivity index (χ1) is 4.95. The van der Waals surface area contributed by atoms with Crippen LogP contribution in [0.3, 0.4) is 0 Å². The van der Waals surface area contributed by atoms with Gasteiger partial charge in [0.2, 0.25) is 0 Å². The third-order valence-electron chi connectivity index (χ3n) is 2.87. The molecule has 1 aliphatic carbocycles. The Morgan fingerprint density at radius 2 is 2.09 bits per heavy atom. The third-order valence-corrected chi connectivity index (χ3v) is 2.87. The predicted octanol–water partition coefficient (Wildman–Crippen LogP) is 2.57. The van der Waals surface area contributed by atoms with Crippen molar-refractivity contribution in [1.29, 1.82) is 0 Å². The van der Waals surface area contributed by atoms with Gasteiger partial charge in [0.15, 0.2) is 0 Å². The first-order valence-electron chi connectivity index (χ1n) is 4.17. The molecule has 0 N–H and O–H groups in total. The number of Topliss-reactive ketones (excluding diaryl/α,β-unsaturated/α-hetero) is 1. The molecule has 0 aliphatic heterocycles. The highest BCUT2D eigenvalue weighted by Gasteiger charge is 2.34. The normalized spacial score (nSPS) is 30.6. The highest BCUT2D eigenvalue weighted by molar-refractivity contribution is 5.84. The van der Waals surface area contributed by atoms with E-state index in [-0.39, 0.29) is 11.3 Å². The third kappa shape index (κ3) is 1.37. The maximum absolute atomic E-state index is 11.2. The first-order valence-corrected chi connectivity index (χ1v) is 4.17. The smallest absolute Gasteiger partial charge is 0.139 e. The first kappa shape index (κ1) is 8.51. The Balaban J connectivity index is 2.84. The molecule has 1 fully saturated rings. The maximum atomic E-state index is 11.2. The molecule has 0 saturated heterocycles. The van der Waals surface area contributed by atoms with Crippen LogP contribution in [0.15, 0.2) is 12.2 Å². The number of allylic oxidation sites excluding steroid dienone is 1. The van der Waals surface area contributed by atoms with Gasteiger partial charge >= 0.3 is 0 Å². The Morgan fingerprint density at radius 1 is 1.55 bits per heavy atom. The minimum Gasteiger partial charge on any atom is -0.299 e. The fourth-order valence-corrected chi connectivity index (χ4v) is 1.59. The molecule has 1 unspecified atom stereocenters. The summed E-state index contributed by atoms with van der Waals surface area (Å²) in [6.45, 7) is 10.3. The van der Waals surface area contributed by atoms with Crippen molar-refractivity contribution < 1.29 is 4.79 Å². The fourth-order valence-electron chi connectivity index (χ4n) is 1.59. The van der Waals surface area contributed by atoms with Crippen molar-refractivity contribution in [3.05, 3.63) is 12.2 Å². The Hall–Kier alpha value is -0.590. The molecule has 0 aromatic rings. The molecule has 1 aliphatic rings. The molecule has 1 rings (SSSR count). The summed E-state index contributed by atoms with van der Waals surface area (Å²) in [5, 5.41) is 0. The number of hydrogen-bond donors (Lipinski definition) is 0. The van der Waals surface area contributed by atoms with Crippen LogP contribution < -0.4 is 0 Å². The molecular weight excluding hydrogens is 136 g/mol. The molecule has 1 saturated carbocycles. The molecule has 0 spiro atoms. The van der Waals surface area contributed by atoms with Gasteiger partial charge in [0.1, 0.15) is 5.78 Å². The second kappa shape index (κ2) is 2.47. The average Bonchev–Trinajstić information content (AvgIpc) is 1.95. The SMILES string of the molecule is C=C1C(C)C(=O)CCC1(C)C.